The van der Waals surface area contributed by atoms with Crippen LogP contribution in [-0.2, 0) is 6.54 Å². The second-order valence-corrected chi connectivity index (χ2v) is 8.23. The van der Waals surface area contributed by atoms with Gasteiger partial charge in [-0.25, -0.2) is 9.97 Å². The first-order valence-corrected chi connectivity index (χ1v) is 10.6. The number of piperidine rings is 1. The molecular formula is C21H23N5S. The summed E-state index contributed by atoms with van der Waals surface area (Å²) in [7, 11) is 0. The molecule has 0 aromatic carbocycles. The summed E-state index contributed by atoms with van der Waals surface area (Å²) < 4.78 is 3.63. The number of imidazole rings is 1. The third-order valence-corrected chi connectivity index (χ3v) is 6.48. The van der Waals surface area contributed by atoms with Crippen LogP contribution in [0, 0.1) is 12.8 Å². The van der Waals surface area contributed by atoms with Gasteiger partial charge in [-0.05, 0) is 68.8 Å². The summed E-state index contributed by atoms with van der Waals surface area (Å²) in [5, 5.41) is 5.59. The molecule has 1 aliphatic rings. The zero-order valence-electron chi connectivity index (χ0n) is 15.5. The second-order valence-electron chi connectivity index (χ2n) is 7.31. The van der Waals surface area contributed by atoms with Crippen molar-refractivity contribution in [3.05, 3.63) is 41.5 Å². The molecular weight excluding hydrogens is 354 g/mol. The summed E-state index contributed by atoms with van der Waals surface area (Å²) in [6.07, 6.45) is 5.56. The van der Waals surface area contributed by atoms with Gasteiger partial charge in [0.2, 0.25) is 0 Å². The van der Waals surface area contributed by atoms with Crippen LogP contribution in [0.15, 0.2) is 35.8 Å². The van der Waals surface area contributed by atoms with E-state index in [0.29, 0.717) is 0 Å². The van der Waals surface area contributed by atoms with Crippen LogP contribution < -0.4 is 5.32 Å². The average molecular weight is 378 g/mol. The highest BCUT2D eigenvalue weighted by molar-refractivity contribution is 7.18. The Balaban J connectivity index is 1.66. The second kappa shape index (κ2) is 7.02. The van der Waals surface area contributed by atoms with Crippen LogP contribution in [0.25, 0.3) is 32.8 Å². The highest BCUT2D eigenvalue weighted by atomic mass is 32.1. The highest BCUT2D eigenvalue weighted by Crippen LogP contribution is 2.34. The first kappa shape index (κ1) is 16.8. The smallest absolute Gasteiger partial charge is 0.159 e. The number of aromatic nitrogens is 4. The fourth-order valence-electron chi connectivity index (χ4n) is 4.13. The number of pyridine rings is 2. The standard InChI is InChI=1S/C21H23N5S/c1-14-18-19(20-16(24-14)8-13-27-20)26(12-7-15-5-10-22-11-6-15)21(25-18)17-4-2-3-9-23-17/h2-4,8-9,13,15,22H,5-7,10-12H2,1H3. The van der Waals surface area contributed by atoms with Crippen molar-refractivity contribution in [2.24, 2.45) is 5.92 Å². The first-order valence-electron chi connectivity index (χ1n) is 9.67. The normalized spacial score (nSPS) is 15.7. The Bertz CT molecular complexity index is 1080. The molecule has 5 rings (SSSR count). The Labute approximate surface area is 162 Å². The van der Waals surface area contributed by atoms with Gasteiger partial charge in [0.15, 0.2) is 5.82 Å². The fourth-order valence-corrected chi connectivity index (χ4v) is 5.01. The number of nitrogens with zero attached hydrogens (tertiary/aromatic N) is 4. The van der Waals surface area contributed by atoms with Gasteiger partial charge in [-0.1, -0.05) is 6.07 Å². The lowest BCUT2D eigenvalue weighted by molar-refractivity contribution is 0.340. The molecule has 0 spiro atoms. The van der Waals surface area contributed by atoms with E-state index in [1.165, 1.54) is 29.5 Å². The third-order valence-electron chi connectivity index (χ3n) is 5.57. The molecule has 138 valence electrons. The summed E-state index contributed by atoms with van der Waals surface area (Å²) in [5.74, 6) is 1.74. The van der Waals surface area contributed by atoms with Crippen molar-refractivity contribution in [3.63, 3.8) is 0 Å². The van der Waals surface area contributed by atoms with E-state index >= 15 is 0 Å². The van der Waals surface area contributed by atoms with Crippen LogP contribution in [0.3, 0.4) is 0 Å². The molecule has 0 aliphatic carbocycles. The molecule has 6 heteroatoms. The molecule has 4 aromatic rings. The summed E-state index contributed by atoms with van der Waals surface area (Å²) in [5.41, 5.74) is 5.23. The number of rotatable bonds is 4. The number of nitrogens with one attached hydrogen (secondary N) is 1. The van der Waals surface area contributed by atoms with Gasteiger partial charge < -0.3 is 9.88 Å². The zero-order valence-corrected chi connectivity index (χ0v) is 16.3. The number of thiophene rings is 1. The topological polar surface area (TPSA) is 55.6 Å². The minimum absolute atomic E-state index is 0.780. The molecule has 27 heavy (non-hydrogen) atoms. The van der Waals surface area contributed by atoms with Crippen LogP contribution in [0.2, 0.25) is 0 Å². The van der Waals surface area contributed by atoms with Gasteiger partial charge in [-0.2, -0.15) is 0 Å². The first-order chi connectivity index (χ1) is 13.3. The summed E-state index contributed by atoms with van der Waals surface area (Å²) in [4.78, 5) is 14.4. The molecule has 1 fully saturated rings. The van der Waals surface area contributed by atoms with Crippen LogP contribution in [0.1, 0.15) is 25.0 Å². The SMILES string of the molecule is Cc1nc2ccsc2c2c1nc(-c1ccccn1)n2CCC1CCNCC1. The van der Waals surface area contributed by atoms with Gasteiger partial charge in [0.25, 0.3) is 0 Å². The lowest BCUT2D eigenvalue weighted by atomic mass is 9.94. The molecule has 5 heterocycles. The van der Waals surface area contributed by atoms with Crippen LogP contribution in [0.4, 0.5) is 0 Å². The molecule has 1 N–H and O–H groups in total. The number of hydrogen-bond donors (Lipinski definition) is 1. The molecule has 1 saturated heterocycles. The Hall–Kier alpha value is -2.31. The Morgan fingerprint density at radius 3 is 2.89 bits per heavy atom. The van der Waals surface area contributed by atoms with Crippen molar-refractivity contribution in [3.8, 4) is 11.5 Å². The molecule has 1 aliphatic heterocycles. The predicted molar refractivity (Wildman–Crippen MR) is 111 cm³/mol. The maximum absolute atomic E-state index is 5.01. The molecule has 0 unspecified atom stereocenters. The van der Waals surface area contributed by atoms with Gasteiger partial charge in [0.05, 0.1) is 21.4 Å². The largest absolute Gasteiger partial charge is 0.321 e. The Morgan fingerprint density at radius 2 is 2.07 bits per heavy atom. The number of hydrogen-bond acceptors (Lipinski definition) is 5. The highest BCUT2D eigenvalue weighted by Gasteiger charge is 2.21. The van der Waals surface area contributed by atoms with E-state index in [0.717, 1.165) is 53.8 Å². The van der Waals surface area contributed by atoms with Crippen molar-refractivity contribution in [1.29, 1.82) is 0 Å². The van der Waals surface area contributed by atoms with Crippen molar-refractivity contribution in [2.75, 3.05) is 13.1 Å². The van der Waals surface area contributed by atoms with Gasteiger partial charge >= 0.3 is 0 Å². The van der Waals surface area contributed by atoms with E-state index in [1.807, 2.05) is 18.3 Å². The number of fused-ring (bicyclic) bond motifs is 3. The quantitative estimate of drug-likeness (QED) is 0.572. The van der Waals surface area contributed by atoms with E-state index in [2.05, 4.69) is 39.3 Å². The molecule has 5 nitrogen and oxygen atoms in total. The van der Waals surface area contributed by atoms with Gasteiger partial charge in [0, 0.05) is 12.7 Å². The van der Waals surface area contributed by atoms with Crippen molar-refractivity contribution in [1.82, 2.24) is 24.8 Å². The molecule has 0 amide bonds. The average Bonchev–Trinajstić information content (AvgIpc) is 3.32. The Kier molecular flexibility index (Phi) is 4.38. The lowest BCUT2D eigenvalue weighted by Crippen LogP contribution is -2.28. The van der Waals surface area contributed by atoms with E-state index in [1.54, 1.807) is 11.3 Å². The van der Waals surface area contributed by atoms with Crippen LogP contribution >= 0.6 is 11.3 Å². The predicted octanol–water partition coefficient (Wildman–Crippen LogP) is 4.41. The van der Waals surface area contributed by atoms with E-state index in [9.17, 15) is 0 Å². The Morgan fingerprint density at radius 1 is 1.19 bits per heavy atom. The van der Waals surface area contributed by atoms with E-state index in [4.69, 9.17) is 9.97 Å². The van der Waals surface area contributed by atoms with Gasteiger partial charge in [0.1, 0.15) is 11.2 Å². The molecule has 0 radical (unpaired) electrons. The minimum atomic E-state index is 0.780. The molecule has 0 bridgehead atoms. The lowest BCUT2D eigenvalue weighted by Gasteiger charge is -2.23. The summed E-state index contributed by atoms with van der Waals surface area (Å²) >= 11 is 1.76. The third kappa shape index (κ3) is 3.03. The van der Waals surface area contributed by atoms with Crippen LogP contribution in [0.5, 0.6) is 0 Å². The van der Waals surface area contributed by atoms with E-state index < -0.39 is 0 Å². The maximum atomic E-state index is 5.01. The van der Waals surface area contributed by atoms with E-state index in [-0.39, 0.29) is 0 Å². The molecule has 0 saturated carbocycles. The molecule has 0 atom stereocenters. The fraction of sp³-hybridized carbons (Fsp3) is 0.381. The summed E-state index contributed by atoms with van der Waals surface area (Å²) in [6, 6.07) is 8.15. The maximum Gasteiger partial charge on any atom is 0.159 e. The van der Waals surface area contributed by atoms with Gasteiger partial charge in [-0.15, -0.1) is 11.3 Å². The van der Waals surface area contributed by atoms with Crippen molar-refractivity contribution in [2.45, 2.75) is 32.7 Å². The zero-order chi connectivity index (χ0) is 18.2. The summed E-state index contributed by atoms with van der Waals surface area (Å²) in [6.45, 7) is 5.32. The number of aryl methyl sites for hydroxylation is 2. The van der Waals surface area contributed by atoms with Crippen molar-refractivity contribution >= 4 is 32.6 Å². The minimum Gasteiger partial charge on any atom is -0.321 e. The molecule has 4 aromatic heterocycles. The monoisotopic (exact) mass is 377 g/mol. The van der Waals surface area contributed by atoms with Gasteiger partial charge in [-0.3, -0.25) is 4.98 Å². The van der Waals surface area contributed by atoms with Crippen molar-refractivity contribution < 1.29 is 0 Å². The van der Waals surface area contributed by atoms with Crippen LogP contribution in [-0.4, -0.2) is 32.6 Å².